The molecule has 21 heavy (non-hydrogen) atoms. The number of nitrogens with one attached hydrogen (secondary N) is 1. The molecule has 1 aromatic heterocycles. The highest BCUT2D eigenvalue weighted by molar-refractivity contribution is 7.17. The molecule has 0 aromatic carbocycles. The van der Waals surface area contributed by atoms with Crippen molar-refractivity contribution >= 4 is 28.2 Å². The standard InChI is InChI=1S/C13H18N2O5S/c16-12(17)6-4-2-1-3-5-9-14-13(18)10-7-8-11(21-10)15(19)20/h7-8H,1-6,9H2,(H,14,18)(H,16,17). The number of unbranched alkanes of at least 4 members (excludes halogenated alkanes) is 4. The topological polar surface area (TPSA) is 110 Å². The third-order valence-electron chi connectivity index (χ3n) is 2.85. The van der Waals surface area contributed by atoms with Gasteiger partial charge in [0, 0.05) is 19.0 Å². The first kappa shape index (κ1) is 17.1. The Morgan fingerprint density at radius 1 is 1.19 bits per heavy atom. The summed E-state index contributed by atoms with van der Waals surface area (Å²) in [6, 6.07) is 2.77. The molecule has 8 heteroatoms. The number of rotatable bonds is 10. The predicted molar refractivity (Wildman–Crippen MR) is 78.6 cm³/mol. The van der Waals surface area contributed by atoms with Crippen molar-refractivity contribution in [3.05, 3.63) is 27.1 Å². The summed E-state index contributed by atoms with van der Waals surface area (Å²) in [5.41, 5.74) is 0. The van der Waals surface area contributed by atoms with E-state index in [9.17, 15) is 19.7 Å². The van der Waals surface area contributed by atoms with Gasteiger partial charge in [-0.3, -0.25) is 19.7 Å². The molecular weight excluding hydrogens is 296 g/mol. The lowest BCUT2D eigenvalue weighted by Crippen LogP contribution is -2.23. The van der Waals surface area contributed by atoms with Gasteiger partial charge in [-0.15, -0.1) is 0 Å². The van der Waals surface area contributed by atoms with E-state index < -0.39 is 10.9 Å². The number of carboxylic acids is 1. The van der Waals surface area contributed by atoms with Crippen molar-refractivity contribution < 1.29 is 19.6 Å². The lowest BCUT2D eigenvalue weighted by molar-refractivity contribution is -0.380. The molecule has 2 N–H and O–H groups in total. The van der Waals surface area contributed by atoms with Crippen molar-refractivity contribution in [1.82, 2.24) is 5.32 Å². The molecule has 0 saturated carbocycles. The van der Waals surface area contributed by atoms with E-state index in [-0.39, 0.29) is 17.3 Å². The molecular formula is C13H18N2O5S. The van der Waals surface area contributed by atoms with Gasteiger partial charge in [-0.25, -0.2) is 0 Å². The number of hydrogen-bond acceptors (Lipinski definition) is 5. The van der Waals surface area contributed by atoms with Gasteiger partial charge in [0.2, 0.25) is 0 Å². The Bertz CT molecular complexity index is 501. The van der Waals surface area contributed by atoms with Crippen molar-refractivity contribution in [3.63, 3.8) is 0 Å². The molecule has 0 atom stereocenters. The smallest absolute Gasteiger partial charge is 0.324 e. The molecule has 1 rings (SSSR count). The van der Waals surface area contributed by atoms with E-state index in [4.69, 9.17) is 5.11 Å². The Balaban J connectivity index is 2.10. The zero-order chi connectivity index (χ0) is 15.7. The number of nitrogens with zero attached hydrogens (tertiary/aromatic N) is 1. The first-order valence-electron chi connectivity index (χ1n) is 6.75. The van der Waals surface area contributed by atoms with Crippen molar-refractivity contribution in [1.29, 1.82) is 0 Å². The van der Waals surface area contributed by atoms with E-state index in [2.05, 4.69) is 5.32 Å². The lowest BCUT2D eigenvalue weighted by atomic mass is 10.1. The van der Waals surface area contributed by atoms with Gasteiger partial charge in [0.15, 0.2) is 0 Å². The molecule has 0 unspecified atom stereocenters. The van der Waals surface area contributed by atoms with E-state index in [0.717, 1.165) is 37.0 Å². The van der Waals surface area contributed by atoms with Crippen LogP contribution < -0.4 is 5.32 Å². The SMILES string of the molecule is O=C(O)CCCCCCCNC(=O)c1ccc([N+](=O)[O-])s1. The second-order valence-electron chi connectivity index (χ2n) is 4.56. The second kappa shape index (κ2) is 9.06. The molecule has 0 bridgehead atoms. The number of carboxylic acid groups (broad SMARTS) is 1. The first-order valence-corrected chi connectivity index (χ1v) is 7.56. The van der Waals surface area contributed by atoms with Gasteiger partial charge < -0.3 is 10.4 Å². The van der Waals surface area contributed by atoms with Crippen LogP contribution in [0.4, 0.5) is 5.00 Å². The minimum atomic E-state index is -0.771. The molecule has 0 spiro atoms. The Hall–Kier alpha value is -1.96. The van der Waals surface area contributed by atoms with E-state index in [1.54, 1.807) is 0 Å². The van der Waals surface area contributed by atoms with Crippen LogP contribution in [0.1, 0.15) is 48.2 Å². The fraction of sp³-hybridized carbons (Fsp3) is 0.538. The van der Waals surface area contributed by atoms with Crippen LogP contribution in [0.5, 0.6) is 0 Å². The van der Waals surface area contributed by atoms with Gasteiger partial charge in [-0.05, 0) is 18.9 Å². The summed E-state index contributed by atoms with van der Waals surface area (Å²) in [6.45, 7) is 0.517. The Morgan fingerprint density at radius 2 is 1.86 bits per heavy atom. The van der Waals surface area contributed by atoms with Crippen LogP contribution in [0.2, 0.25) is 0 Å². The van der Waals surface area contributed by atoms with E-state index in [0.29, 0.717) is 17.8 Å². The fourth-order valence-corrected chi connectivity index (χ4v) is 2.51. The maximum Gasteiger partial charge on any atom is 0.324 e. The zero-order valence-corrected chi connectivity index (χ0v) is 12.4. The number of hydrogen-bond donors (Lipinski definition) is 2. The van der Waals surface area contributed by atoms with Crippen LogP contribution >= 0.6 is 11.3 Å². The maximum absolute atomic E-state index is 11.7. The lowest BCUT2D eigenvalue weighted by Gasteiger charge is -2.03. The van der Waals surface area contributed by atoms with Crippen molar-refractivity contribution in [3.8, 4) is 0 Å². The minimum absolute atomic E-state index is 0.0430. The Labute approximate surface area is 126 Å². The third-order valence-corrected chi connectivity index (χ3v) is 3.88. The van der Waals surface area contributed by atoms with Gasteiger partial charge in [-0.1, -0.05) is 30.6 Å². The predicted octanol–water partition coefficient (Wildman–Crippen LogP) is 2.81. The third kappa shape index (κ3) is 6.84. The summed E-state index contributed by atoms with van der Waals surface area (Å²) in [5, 5.41) is 21.7. The molecule has 1 aromatic rings. The van der Waals surface area contributed by atoms with Crippen LogP contribution in [0.15, 0.2) is 12.1 Å². The number of amides is 1. The van der Waals surface area contributed by atoms with Crippen molar-refractivity contribution in [2.24, 2.45) is 0 Å². The van der Waals surface area contributed by atoms with E-state index >= 15 is 0 Å². The summed E-state index contributed by atoms with van der Waals surface area (Å²) in [4.78, 5) is 32.3. The average Bonchev–Trinajstić information content (AvgIpc) is 2.91. The number of aliphatic carboxylic acids is 1. The molecule has 7 nitrogen and oxygen atoms in total. The van der Waals surface area contributed by atoms with Crippen LogP contribution in [-0.4, -0.2) is 28.5 Å². The molecule has 0 saturated heterocycles. The van der Waals surface area contributed by atoms with Gasteiger partial charge >= 0.3 is 11.0 Å². The second-order valence-corrected chi connectivity index (χ2v) is 5.62. The summed E-state index contributed by atoms with van der Waals surface area (Å²) < 4.78 is 0. The summed E-state index contributed by atoms with van der Waals surface area (Å²) >= 11 is 0.860. The first-order chi connectivity index (χ1) is 10.0. The molecule has 0 aliphatic carbocycles. The molecule has 1 heterocycles. The molecule has 116 valence electrons. The molecule has 0 aliphatic heterocycles. The number of thiophene rings is 1. The highest BCUT2D eigenvalue weighted by Crippen LogP contribution is 2.23. The quantitative estimate of drug-likeness (QED) is 0.392. The van der Waals surface area contributed by atoms with E-state index in [1.807, 2.05) is 0 Å². The molecule has 1 amide bonds. The van der Waals surface area contributed by atoms with Crippen LogP contribution in [0, 0.1) is 10.1 Å². The van der Waals surface area contributed by atoms with Gasteiger partial charge in [-0.2, -0.15) is 0 Å². The van der Waals surface area contributed by atoms with Crippen molar-refractivity contribution in [2.75, 3.05) is 6.54 Å². The number of carbonyl (C=O) groups is 2. The van der Waals surface area contributed by atoms with E-state index in [1.165, 1.54) is 12.1 Å². The summed E-state index contributed by atoms with van der Waals surface area (Å²) in [6.07, 6.45) is 4.43. The zero-order valence-electron chi connectivity index (χ0n) is 11.5. The highest BCUT2D eigenvalue weighted by atomic mass is 32.1. The maximum atomic E-state index is 11.7. The molecule has 0 fully saturated rings. The summed E-state index contributed by atoms with van der Waals surface area (Å²) in [7, 11) is 0. The number of carbonyl (C=O) groups excluding carboxylic acids is 1. The summed E-state index contributed by atoms with van der Waals surface area (Å²) in [5.74, 6) is -1.06. The van der Waals surface area contributed by atoms with Crippen molar-refractivity contribution in [2.45, 2.75) is 38.5 Å². The van der Waals surface area contributed by atoms with Gasteiger partial charge in [0.05, 0.1) is 9.80 Å². The number of nitro groups is 1. The van der Waals surface area contributed by atoms with Gasteiger partial charge in [0.1, 0.15) is 0 Å². The monoisotopic (exact) mass is 314 g/mol. The largest absolute Gasteiger partial charge is 0.481 e. The fourth-order valence-electron chi connectivity index (χ4n) is 1.77. The van der Waals surface area contributed by atoms with Crippen LogP contribution in [-0.2, 0) is 4.79 Å². The van der Waals surface area contributed by atoms with Crippen LogP contribution in [0.3, 0.4) is 0 Å². The normalized spacial score (nSPS) is 10.3. The molecule has 0 radical (unpaired) electrons. The van der Waals surface area contributed by atoms with Gasteiger partial charge in [0.25, 0.3) is 5.91 Å². The minimum Gasteiger partial charge on any atom is -0.481 e. The highest BCUT2D eigenvalue weighted by Gasteiger charge is 2.14. The molecule has 0 aliphatic rings. The Kier molecular flexibility index (Phi) is 7.38. The average molecular weight is 314 g/mol. The van der Waals surface area contributed by atoms with Crippen LogP contribution in [0.25, 0.3) is 0 Å². The Morgan fingerprint density at radius 3 is 2.48 bits per heavy atom.